The van der Waals surface area contributed by atoms with Gasteiger partial charge in [-0.05, 0) is 48.6 Å². The van der Waals surface area contributed by atoms with Crippen molar-refractivity contribution < 1.29 is 4.39 Å². The maximum atomic E-state index is 14.0. The molecule has 0 bridgehead atoms. The van der Waals surface area contributed by atoms with Gasteiger partial charge in [-0.2, -0.15) is 0 Å². The molecule has 1 aliphatic carbocycles. The lowest BCUT2D eigenvalue weighted by molar-refractivity contribution is 0.148. The van der Waals surface area contributed by atoms with Gasteiger partial charge in [-0.3, -0.25) is 0 Å². The first kappa shape index (κ1) is 15.8. The summed E-state index contributed by atoms with van der Waals surface area (Å²) in [4.78, 5) is 2.65. The van der Waals surface area contributed by atoms with Crippen molar-refractivity contribution in [1.82, 2.24) is 4.90 Å². The number of halogens is 4. The SMILES string of the molecule is CC(C)(F)CN1Cc2c(ccc3c2C(Br)CC3Br)C=C1Cl. The van der Waals surface area contributed by atoms with E-state index in [1.807, 2.05) is 11.0 Å². The molecule has 114 valence electrons. The Kier molecular flexibility index (Phi) is 4.17. The molecule has 1 heterocycles. The van der Waals surface area contributed by atoms with E-state index in [1.165, 1.54) is 16.7 Å². The Morgan fingerprint density at radius 1 is 1.33 bits per heavy atom. The van der Waals surface area contributed by atoms with Crippen LogP contribution in [0.2, 0.25) is 0 Å². The topological polar surface area (TPSA) is 3.24 Å². The van der Waals surface area contributed by atoms with Crippen LogP contribution >= 0.6 is 43.5 Å². The van der Waals surface area contributed by atoms with E-state index in [0.29, 0.717) is 27.9 Å². The second-order valence-electron chi connectivity index (χ2n) is 6.35. The van der Waals surface area contributed by atoms with E-state index in [9.17, 15) is 4.39 Å². The maximum Gasteiger partial charge on any atom is 0.122 e. The number of fused-ring (bicyclic) bond motifs is 3. The van der Waals surface area contributed by atoms with Crippen LogP contribution in [0.25, 0.3) is 6.08 Å². The molecule has 21 heavy (non-hydrogen) atoms. The Balaban J connectivity index is 2.02. The fourth-order valence-corrected chi connectivity index (χ4v) is 5.58. The predicted molar refractivity (Wildman–Crippen MR) is 93.8 cm³/mol. The third-order valence-corrected chi connectivity index (χ3v) is 6.03. The van der Waals surface area contributed by atoms with Crippen molar-refractivity contribution in [3.8, 4) is 0 Å². The zero-order chi connectivity index (χ0) is 15.4. The standard InChI is InChI=1S/C16H17Br2ClFN/c1-16(2,20)8-21-7-11-9(5-14(21)19)3-4-10-12(17)6-13(18)15(10)11/h3-5,12-13H,6-8H2,1-2H3. The van der Waals surface area contributed by atoms with Crippen LogP contribution in [0.1, 0.15) is 52.2 Å². The minimum atomic E-state index is -1.27. The summed E-state index contributed by atoms with van der Waals surface area (Å²) in [7, 11) is 0. The molecule has 0 saturated carbocycles. The lowest BCUT2D eigenvalue weighted by Gasteiger charge is -2.33. The van der Waals surface area contributed by atoms with E-state index in [1.54, 1.807) is 13.8 Å². The number of alkyl halides is 3. The monoisotopic (exact) mass is 435 g/mol. The third-order valence-electron chi connectivity index (χ3n) is 3.98. The van der Waals surface area contributed by atoms with Gasteiger partial charge in [-0.15, -0.1) is 0 Å². The largest absolute Gasteiger partial charge is 0.355 e. The van der Waals surface area contributed by atoms with Gasteiger partial charge in [0.05, 0.1) is 6.54 Å². The van der Waals surface area contributed by atoms with E-state index in [2.05, 4.69) is 44.0 Å². The Hall–Kier alpha value is -0.0600. The van der Waals surface area contributed by atoms with Crippen molar-refractivity contribution in [2.75, 3.05) is 6.54 Å². The van der Waals surface area contributed by atoms with Gasteiger partial charge in [0.2, 0.25) is 0 Å². The second-order valence-corrected chi connectivity index (χ2v) is 8.95. The average molecular weight is 438 g/mol. The first-order valence-corrected chi connectivity index (χ1v) is 9.22. The van der Waals surface area contributed by atoms with Gasteiger partial charge in [0, 0.05) is 16.2 Å². The van der Waals surface area contributed by atoms with Crippen molar-refractivity contribution in [1.29, 1.82) is 0 Å². The highest BCUT2D eigenvalue weighted by molar-refractivity contribution is 9.10. The number of rotatable bonds is 2. The zero-order valence-electron chi connectivity index (χ0n) is 12.0. The number of hydrogen-bond acceptors (Lipinski definition) is 1. The van der Waals surface area contributed by atoms with Crippen LogP contribution in [0.3, 0.4) is 0 Å². The fourth-order valence-electron chi connectivity index (χ4n) is 3.15. The molecule has 0 spiro atoms. The number of benzene rings is 1. The summed E-state index contributed by atoms with van der Waals surface area (Å²) in [5.74, 6) is 0. The lowest BCUT2D eigenvalue weighted by atomic mass is 9.94. The maximum absolute atomic E-state index is 14.0. The minimum absolute atomic E-state index is 0.302. The van der Waals surface area contributed by atoms with Crippen LogP contribution in [0.5, 0.6) is 0 Å². The molecular formula is C16H17Br2ClFN. The average Bonchev–Trinajstić information content (AvgIpc) is 2.64. The smallest absolute Gasteiger partial charge is 0.122 e. The van der Waals surface area contributed by atoms with Crippen molar-refractivity contribution in [3.63, 3.8) is 0 Å². The summed E-state index contributed by atoms with van der Waals surface area (Å²) < 4.78 is 14.0. The van der Waals surface area contributed by atoms with E-state index in [0.717, 1.165) is 12.0 Å². The van der Waals surface area contributed by atoms with Crippen molar-refractivity contribution in [2.45, 2.75) is 42.1 Å². The highest BCUT2D eigenvalue weighted by Crippen LogP contribution is 2.51. The molecule has 0 aromatic heterocycles. The normalized spacial score (nSPS) is 24.7. The van der Waals surface area contributed by atoms with Crippen LogP contribution in [0.4, 0.5) is 4.39 Å². The van der Waals surface area contributed by atoms with Gasteiger partial charge in [-0.1, -0.05) is 55.6 Å². The first-order valence-electron chi connectivity index (χ1n) is 7.01. The molecule has 1 nitrogen and oxygen atoms in total. The van der Waals surface area contributed by atoms with Crippen molar-refractivity contribution in [2.24, 2.45) is 0 Å². The number of hydrogen-bond donors (Lipinski definition) is 0. The minimum Gasteiger partial charge on any atom is -0.355 e. The van der Waals surface area contributed by atoms with Crippen molar-refractivity contribution >= 4 is 49.5 Å². The Labute approximate surface area is 146 Å². The molecule has 2 atom stereocenters. The molecular weight excluding hydrogens is 420 g/mol. The fraction of sp³-hybridized carbons (Fsp3) is 0.500. The Morgan fingerprint density at radius 3 is 2.71 bits per heavy atom. The zero-order valence-corrected chi connectivity index (χ0v) is 15.9. The molecule has 2 aliphatic rings. The first-order chi connectivity index (χ1) is 9.76. The molecule has 0 radical (unpaired) electrons. The number of nitrogens with zero attached hydrogens (tertiary/aromatic N) is 1. The van der Waals surface area contributed by atoms with Crippen LogP contribution in [0.15, 0.2) is 17.3 Å². The molecule has 0 saturated heterocycles. The molecule has 0 N–H and O–H groups in total. The molecule has 1 aliphatic heterocycles. The van der Waals surface area contributed by atoms with E-state index in [4.69, 9.17) is 11.6 Å². The third kappa shape index (κ3) is 3.04. The summed E-state index contributed by atoms with van der Waals surface area (Å²) in [6.45, 7) is 4.15. The van der Waals surface area contributed by atoms with Gasteiger partial charge in [0.25, 0.3) is 0 Å². The predicted octanol–water partition coefficient (Wildman–Crippen LogP) is 6.06. The van der Waals surface area contributed by atoms with Gasteiger partial charge in [0.15, 0.2) is 0 Å². The summed E-state index contributed by atoms with van der Waals surface area (Å²) in [6, 6.07) is 4.29. The van der Waals surface area contributed by atoms with Gasteiger partial charge in [0.1, 0.15) is 10.8 Å². The van der Waals surface area contributed by atoms with E-state index >= 15 is 0 Å². The summed E-state index contributed by atoms with van der Waals surface area (Å²) >= 11 is 13.8. The van der Waals surface area contributed by atoms with Crippen LogP contribution in [0, 0.1) is 0 Å². The Bertz CT molecular complexity index is 609. The van der Waals surface area contributed by atoms with Crippen molar-refractivity contribution in [3.05, 3.63) is 39.5 Å². The lowest BCUT2D eigenvalue weighted by Crippen LogP contribution is -2.35. The van der Waals surface area contributed by atoms with Crippen LogP contribution in [-0.2, 0) is 6.54 Å². The molecule has 2 unspecified atom stereocenters. The second kappa shape index (κ2) is 5.54. The quantitative estimate of drug-likeness (QED) is 0.401. The highest BCUT2D eigenvalue weighted by atomic mass is 79.9. The highest BCUT2D eigenvalue weighted by Gasteiger charge is 2.33. The molecule has 1 aromatic carbocycles. The molecule has 0 fully saturated rings. The molecule has 3 rings (SSSR count). The van der Waals surface area contributed by atoms with Gasteiger partial charge < -0.3 is 4.90 Å². The van der Waals surface area contributed by atoms with Crippen LogP contribution in [-0.4, -0.2) is 17.1 Å². The molecule has 0 amide bonds. The van der Waals surface area contributed by atoms with Gasteiger partial charge >= 0.3 is 0 Å². The van der Waals surface area contributed by atoms with Gasteiger partial charge in [-0.25, -0.2) is 4.39 Å². The summed E-state index contributed by atoms with van der Waals surface area (Å²) in [6.07, 6.45) is 2.99. The van der Waals surface area contributed by atoms with E-state index in [-0.39, 0.29) is 0 Å². The summed E-state index contributed by atoms with van der Waals surface area (Å²) in [5, 5.41) is 0.618. The molecule has 5 heteroatoms. The Morgan fingerprint density at radius 2 is 2.05 bits per heavy atom. The summed E-state index contributed by atoms with van der Waals surface area (Å²) in [5.41, 5.74) is 3.83. The molecule has 1 aromatic rings. The van der Waals surface area contributed by atoms with Crippen LogP contribution < -0.4 is 0 Å². The van der Waals surface area contributed by atoms with E-state index < -0.39 is 5.67 Å².